The second kappa shape index (κ2) is 2.58. The lowest BCUT2D eigenvalue weighted by Crippen LogP contribution is -2.42. The molecular weight excluding hydrogens is 130 g/mol. The van der Waals surface area contributed by atoms with E-state index in [2.05, 4.69) is 0 Å². The predicted molar refractivity (Wildman–Crippen MR) is 36.9 cm³/mol. The van der Waals surface area contributed by atoms with Crippen LogP contribution >= 0.6 is 0 Å². The number of nitrogens with zero attached hydrogens (tertiary/aromatic N) is 1. The summed E-state index contributed by atoms with van der Waals surface area (Å²) in [4.78, 5) is 15.7. The molecule has 0 aromatic rings. The van der Waals surface area contributed by atoms with Crippen molar-refractivity contribution in [2.45, 2.75) is 19.8 Å². The summed E-state index contributed by atoms with van der Waals surface area (Å²) >= 11 is 0. The molecule has 0 radical (unpaired) electrons. The number of hydroxylamine groups is 3. The van der Waals surface area contributed by atoms with Crippen LogP contribution < -0.4 is 0 Å². The number of hydrogen-bond acceptors (Lipinski definition) is 2. The van der Waals surface area contributed by atoms with Crippen molar-refractivity contribution in [2.24, 2.45) is 0 Å². The van der Waals surface area contributed by atoms with Gasteiger partial charge in [0.15, 0.2) is 0 Å². The standard InChI is InChI=1S/C7H14NO2/c1-7(9)10-8(2)5-3-4-6-8/h3-6H2,1-2H3/q+1. The Hall–Kier alpha value is -0.570. The summed E-state index contributed by atoms with van der Waals surface area (Å²) in [6.45, 7) is 3.40. The Kier molecular flexibility index (Phi) is 1.94. The van der Waals surface area contributed by atoms with Crippen molar-refractivity contribution in [1.82, 2.24) is 0 Å². The molecule has 1 saturated heterocycles. The van der Waals surface area contributed by atoms with Crippen molar-refractivity contribution < 1.29 is 14.3 Å². The Morgan fingerprint density at radius 3 is 2.30 bits per heavy atom. The smallest absolute Gasteiger partial charge is 0.277 e. The maximum absolute atomic E-state index is 10.6. The highest BCUT2D eigenvalue weighted by atomic mass is 16.7. The SMILES string of the molecule is CC(=O)O[N+]1(C)CCCC1. The van der Waals surface area contributed by atoms with Crippen molar-refractivity contribution in [3.63, 3.8) is 0 Å². The minimum atomic E-state index is -0.176. The topological polar surface area (TPSA) is 26.3 Å². The summed E-state index contributed by atoms with van der Waals surface area (Å²) in [5.74, 6) is -0.176. The number of quaternary nitrogens is 1. The van der Waals surface area contributed by atoms with Gasteiger partial charge in [-0.2, -0.15) is 0 Å². The third-order valence-corrected chi connectivity index (χ3v) is 1.86. The molecular formula is C7H14NO2+. The van der Waals surface area contributed by atoms with Gasteiger partial charge in [0.2, 0.25) is 0 Å². The van der Waals surface area contributed by atoms with Gasteiger partial charge >= 0.3 is 5.97 Å². The van der Waals surface area contributed by atoms with Gasteiger partial charge in [-0.1, -0.05) is 0 Å². The normalized spacial score (nSPS) is 22.6. The average Bonchev–Trinajstić information content (AvgIpc) is 2.12. The van der Waals surface area contributed by atoms with E-state index < -0.39 is 0 Å². The molecule has 0 amide bonds. The zero-order valence-electron chi connectivity index (χ0n) is 6.59. The molecule has 3 heteroatoms. The quantitative estimate of drug-likeness (QED) is 0.506. The molecule has 0 atom stereocenters. The van der Waals surface area contributed by atoms with E-state index in [0.717, 1.165) is 13.1 Å². The van der Waals surface area contributed by atoms with Crippen LogP contribution in [-0.2, 0) is 9.63 Å². The third-order valence-electron chi connectivity index (χ3n) is 1.86. The minimum absolute atomic E-state index is 0.176. The first-order chi connectivity index (χ1) is 4.62. The number of likely N-dealkylation sites (tertiary alicyclic amines) is 1. The summed E-state index contributed by atoms with van der Waals surface area (Å²) in [6.07, 6.45) is 2.34. The van der Waals surface area contributed by atoms with Gasteiger partial charge in [0.05, 0.1) is 0 Å². The van der Waals surface area contributed by atoms with Crippen LogP contribution in [0.5, 0.6) is 0 Å². The minimum Gasteiger partial charge on any atom is -0.277 e. The maximum Gasteiger partial charge on any atom is 0.363 e. The summed E-state index contributed by atoms with van der Waals surface area (Å²) < 4.78 is 0.481. The second-order valence-corrected chi connectivity index (χ2v) is 3.03. The fraction of sp³-hybridized carbons (Fsp3) is 0.857. The van der Waals surface area contributed by atoms with Crippen LogP contribution in [0.2, 0.25) is 0 Å². The first kappa shape index (κ1) is 7.54. The van der Waals surface area contributed by atoms with Gasteiger partial charge in [-0.3, -0.25) is 4.84 Å². The molecule has 1 fully saturated rings. The van der Waals surface area contributed by atoms with Crippen LogP contribution in [0, 0.1) is 0 Å². The number of carbonyl (C=O) groups is 1. The molecule has 0 aromatic carbocycles. The first-order valence-corrected chi connectivity index (χ1v) is 3.67. The Bertz CT molecular complexity index is 139. The van der Waals surface area contributed by atoms with Gasteiger partial charge in [-0.25, -0.2) is 4.79 Å². The van der Waals surface area contributed by atoms with E-state index >= 15 is 0 Å². The van der Waals surface area contributed by atoms with Gasteiger partial charge in [-0.15, -0.1) is 4.65 Å². The molecule has 0 unspecified atom stereocenters. The van der Waals surface area contributed by atoms with Crippen LogP contribution in [0.15, 0.2) is 0 Å². The van der Waals surface area contributed by atoms with E-state index in [1.165, 1.54) is 19.8 Å². The molecule has 0 spiro atoms. The zero-order chi connectivity index (χ0) is 7.61. The summed E-state index contributed by atoms with van der Waals surface area (Å²) in [7, 11) is 1.95. The molecule has 3 nitrogen and oxygen atoms in total. The highest BCUT2D eigenvalue weighted by molar-refractivity contribution is 5.65. The highest BCUT2D eigenvalue weighted by Crippen LogP contribution is 2.16. The molecule has 10 heavy (non-hydrogen) atoms. The number of carbonyl (C=O) groups excluding carboxylic acids is 1. The van der Waals surface area contributed by atoms with E-state index in [1.807, 2.05) is 7.05 Å². The number of hydrogen-bond donors (Lipinski definition) is 0. The van der Waals surface area contributed by atoms with E-state index in [1.54, 1.807) is 0 Å². The Labute approximate surface area is 61.1 Å². The average molecular weight is 144 g/mol. The molecule has 0 N–H and O–H groups in total. The summed E-state index contributed by atoms with van der Waals surface area (Å²) in [5.41, 5.74) is 0. The van der Waals surface area contributed by atoms with Crippen molar-refractivity contribution in [3.8, 4) is 0 Å². The lowest BCUT2D eigenvalue weighted by atomic mass is 10.4. The van der Waals surface area contributed by atoms with Crippen molar-refractivity contribution in [1.29, 1.82) is 0 Å². The fourth-order valence-corrected chi connectivity index (χ4v) is 1.41. The third kappa shape index (κ3) is 1.70. The van der Waals surface area contributed by atoms with Crippen LogP contribution in [0.25, 0.3) is 0 Å². The van der Waals surface area contributed by atoms with Crippen molar-refractivity contribution in [3.05, 3.63) is 0 Å². The van der Waals surface area contributed by atoms with Crippen LogP contribution in [0.1, 0.15) is 19.8 Å². The van der Waals surface area contributed by atoms with E-state index in [0.29, 0.717) is 4.65 Å². The van der Waals surface area contributed by atoms with Gasteiger partial charge in [0, 0.05) is 19.8 Å². The molecule has 0 bridgehead atoms. The van der Waals surface area contributed by atoms with Gasteiger partial charge in [-0.05, 0) is 0 Å². The lowest BCUT2D eigenvalue weighted by Gasteiger charge is -2.24. The molecule has 0 aromatic heterocycles. The van der Waals surface area contributed by atoms with E-state index in [-0.39, 0.29) is 5.97 Å². The van der Waals surface area contributed by atoms with Gasteiger partial charge in [0.1, 0.15) is 20.1 Å². The Morgan fingerprint density at radius 2 is 1.90 bits per heavy atom. The molecule has 1 aliphatic heterocycles. The monoisotopic (exact) mass is 144 g/mol. The molecule has 1 aliphatic rings. The summed E-state index contributed by atoms with van der Waals surface area (Å²) in [6, 6.07) is 0. The van der Waals surface area contributed by atoms with E-state index in [4.69, 9.17) is 4.84 Å². The number of rotatable bonds is 1. The van der Waals surface area contributed by atoms with Gasteiger partial charge < -0.3 is 0 Å². The van der Waals surface area contributed by atoms with Crippen LogP contribution in [-0.4, -0.2) is 30.8 Å². The first-order valence-electron chi connectivity index (χ1n) is 3.67. The maximum atomic E-state index is 10.6. The van der Waals surface area contributed by atoms with Crippen molar-refractivity contribution in [2.75, 3.05) is 20.1 Å². The lowest BCUT2D eigenvalue weighted by molar-refractivity contribution is -1.07. The molecule has 1 heterocycles. The Morgan fingerprint density at radius 1 is 1.40 bits per heavy atom. The molecule has 1 rings (SSSR count). The second-order valence-electron chi connectivity index (χ2n) is 3.03. The predicted octanol–water partition coefficient (Wildman–Crippen LogP) is 0.705. The Balaban J connectivity index is 2.43. The highest BCUT2D eigenvalue weighted by Gasteiger charge is 2.30. The van der Waals surface area contributed by atoms with E-state index in [9.17, 15) is 4.79 Å². The molecule has 0 aliphatic carbocycles. The van der Waals surface area contributed by atoms with Crippen LogP contribution in [0.3, 0.4) is 0 Å². The fourth-order valence-electron chi connectivity index (χ4n) is 1.41. The largest absolute Gasteiger partial charge is 0.363 e. The van der Waals surface area contributed by atoms with Crippen LogP contribution in [0.4, 0.5) is 0 Å². The summed E-state index contributed by atoms with van der Waals surface area (Å²) in [5, 5.41) is 0. The molecule has 58 valence electrons. The molecule has 0 saturated carbocycles. The van der Waals surface area contributed by atoms with Gasteiger partial charge in [0.25, 0.3) is 0 Å². The zero-order valence-corrected chi connectivity index (χ0v) is 6.59. The van der Waals surface area contributed by atoms with Crippen molar-refractivity contribution >= 4 is 5.97 Å².